The third-order valence-electron chi connectivity index (χ3n) is 3.36. The van der Waals surface area contributed by atoms with Gasteiger partial charge in [-0.25, -0.2) is 0 Å². The van der Waals surface area contributed by atoms with Crippen molar-refractivity contribution in [2.24, 2.45) is 0 Å². The minimum absolute atomic E-state index is 0.376. The van der Waals surface area contributed by atoms with Gasteiger partial charge in [-0.05, 0) is 25.6 Å². The maximum Gasteiger partial charge on any atom is 0.142 e. The molecule has 0 radical (unpaired) electrons. The third kappa shape index (κ3) is 4.11. The van der Waals surface area contributed by atoms with E-state index in [1.54, 1.807) is 0 Å². The number of hydrogen-bond acceptors (Lipinski definition) is 4. The van der Waals surface area contributed by atoms with E-state index >= 15 is 0 Å². The zero-order valence-electron chi connectivity index (χ0n) is 12.0. The van der Waals surface area contributed by atoms with Gasteiger partial charge in [-0.1, -0.05) is 19.1 Å². The lowest BCUT2D eigenvalue weighted by molar-refractivity contribution is 0.275. The van der Waals surface area contributed by atoms with Crippen molar-refractivity contribution in [3.63, 3.8) is 0 Å². The minimum Gasteiger partial charge on any atom is -0.490 e. The maximum absolute atomic E-state index is 5.98. The molecule has 1 fully saturated rings. The van der Waals surface area contributed by atoms with Crippen molar-refractivity contribution in [1.82, 2.24) is 10.6 Å². The van der Waals surface area contributed by atoms with Gasteiger partial charge in [0.25, 0.3) is 0 Å². The van der Waals surface area contributed by atoms with Crippen molar-refractivity contribution in [1.29, 1.82) is 0 Å². The summed E-state index contributed by atoms with van der Waals surface area (Å²) >= 11 is 0. The molecule has 2 N–H and O–H groups in total. The Morgan fingerprint density at radius 1 is 1.32 bits per heavy atom. The molecular formula is C15H25N3O. The molecule has 1 aliphatic rings. The van der Waals surface area contributed by atoms with Gasteiger partial charge in [0.05, 0.1) is 5.69 Å². The summed E-state index contributed by atoms with van der Waals surface area (Å²) in [5.41, 5.74) is 1.22. The summed E-state index contributed by atoms with van der Waals surface area (Å²) in [7, 11) is 0. The van der Waals surface area contributed by atoms with Crippen molar-refractivity contribution in [3.05, 3.63) is 24.3 Å². The Hall–Kier alpha value is -1.26. The molecule has 0 amide bonds. The monoisotopic (exact) mass is 263 g/mol. The van der Waals surface area contributed by atoms with Crippen molar-refractivity contribution >= 4 is 5.69 Å². The molecule has 1 aromatic rings. The molecule has 1 aromatic carbocycles. The van der Waals surface area contributed by atoms with Crippen LogP contribution in [0.3, 0.4) is 0 Å². The van der Waals surface area contributed by atoms with E-state index in [2.05, 4.69) is 47.6 Å². The van der Waals surface area contributed by atoms with Crippen LogP contribution in [0, 0.1) is 0 Å². The first-order chi connectivity index (χ1) is 9.31. The van der Waals surface area contributed by atoms with Crippen LogP contribution in [0.1, 0.15) is 13.8 Å². The molecular weight excluding hydrogens is 238 g/mol. The molecule has 4 heteroatoms. The van der Waals surface area contributed by atoms with Crippen molar-refractivity contribution < 1.29 is 4.74 Å². The van der Waals surface area contributed by atoms with Gasteiger partial charge in [-0.3, -0.25) is 0 Å². The molecule has 0 aromatic heterocycles. The first-order valence-corrected chi connectivity index (χ1v) is 7.22. The Kier molecular flexibility index (Phi) is 5.48. The second kappa shape index (κ2) is 7.36. The van der Waals surface area contributed by atoms with E-state index in [9.17, 15) is 0 Å². The molecule has 1 heterocycles. The SMILES string of the molecule is CCNC(C)COc1ccccc1N1CCNCC1. The number of ether oxygens (including phenoxy) is 1. The topological polar surface area (TPSA) is 36.5 Å². The zero-order chi connectivity index (χ0) is 13.5. The van der Waals surface area contributed by atoms with Crippen LogP contribution in [0.25, 0.3) is 0 Å². The predicted octanol–water partition coefficient (Wildman–Crippen LogP) is 1.47. The Bertz CT molecular complexity index is 377. The lowest BCUT2D eigenvalue weighted by Crippen LogP contribution is -2.43. The van der Waals surface area contributed by atoms with Crippen LogP contribution in [0.15, 0.2) is 24.3 Å². The lowest BCUT2D eigenvalue weighted by Gasteiger charge is -2.31. The van der Waals surface area contributed by atoms with Crippen LogP contribution in [0.2, 0.25) is 0 Å². The smallest absolute Gasteiger partial charge is 0.142 e. The Labute approximate surface area is 116 Å². The molecule has 1 unspecified atom stereocenters. The highest BCUT2D eigenvalue weighted by molar-refractivity contribution is 5.58. The summed E-state index contributed by atoms with van der Waals surface area (Å²) < 4.78 is 5.98. The van der Waals surface area contributed by atoms with Crippen molar-refractivity contribution in [3.8, 4) is 5.75 Å². The second-order valence-electron chi connectivity index (χ2n) is 4.97. The molecule has 2 rings (SSSR count). The molecule has 0 bridgehead atoms. The first-order valence-electron chi connectivity index (χ1n) is 7.22. The van der Waals surface area contributed by atoms with Gasteiger partial charge < -0.3 is 20.3 Å². The summed E-state index contributed by atoms with van der Waals surface area (Å²) in [6, 6.07) is 8.71. The van der Waals surface area contributed by atoms with Gasteiger partial charge >= 0.3 is 0 Å². The quantitative estimate of drug-likeness (QED) is 0.815. The van der Waals surface area contributed by atoms with E-state index in [0.717, 1.165) is 38.5 Å². The standard InChI is InChI=1S/C15H25N3O/c1-3-17-13(2)12-19-15-7-5-4-6-14(15)18-10-8-16-9-11-18/h4-7,13,16-17H,3,8-12H2,1-2H3. The van der Waals surface area contributed by atoms with Crippen LogP contribution in [-0.4, -0.2) is 45.4 Å². The zero-order valence-corrected chi connectivity index (χ0v) is 12.0. The number of piperazine rings is 1. The average molecular weight is 263 g/mol. The largest absolute Gasteiger partial charge is 0.490 e. The number of nitrogens with one attached hydrogen (secondary N) is 2. The van der Waals surface area contributed by atoms with Gasteiger partial charge in [0.1, 0.15) is 12.4 Å². The van der Waals surface area contributed by atoms with E-state index in [1.165, 1.54) is 5.69 Å². The molecule has 1 atom stereocenters. The number of hydrogen-bond donors (Lipinski definition) is 2. The maximum atomic E-state index is 5.98. The van der Waals surface area contributed by atoms with Gasteiger partial charge in [-0.2, -0.15) is 0 Å². The fourth-order valence-corrected chi connectivity index (χ4v) is 2.37. The van der Waals surface area contributed by atoms with Crippen molar-refractivity contribution in [2.45, 2.75) is 19.9 Å². The number of para-hydroxylation sites is 2. The minimum atomic E-state index is 0.376. The average Bonchev–Trinajstić information content (AvgIpc) is 2.47. The number of nitrogens with zero attached hydrogens (tertiary/aromatic N) is 1. The Morgan fingerprint density at radius 2 is 2.05 bits per heavy atom. The normalized spacial score (nSPS) is 17.3. The lowest BCUT2D eigenvalue weighted by atomic mass is 10.2. The highest BCUT2D eigenvalue weighted by atomic mass is 16.5. The molecule has 0 aliphatic carbocycles. The van der Waals surface area contributed by atoms with Crippen LogP contribution < -0.4 is 20.3 Å². The summed E-state index contributed by atoms with van der Waals surface area (Å²) in [6.07, 6.45) is 0. The summed E-state index contributed by atoms with van der Waals surface area (Å²) in [5.74, 6) is 0.995. The van der Waals surface area contributed by atoms with Gasteiger partial charge in [0.2, 0.25) is 0 Å². The second-order valence-corrected chi connectivity index (χ2v) is 4.97. The Morgan fingerprint density at radius 3 is 2.79 bits per heavy atom. The summed E-state index contributed by atoms with van der Waals surface area (Å²) in [4.78, 5) is 2.39. The van der Waals surface area contributed by atoms with Gasteiger partial charge in [0, 0.05) is 32.2 Å². The van der Waals surface area contributed by atoms with Crippen molar-refractivity contribution in [2.75, 3.05) is 44.2 Å². The first kappa shape index (κ1) is 14.2. The van der Waals surface area contributed by atoms with Crippen LogP contribution in [-0.2, 0) is 0 Å². The van der Waals surface area contributed by atoms with E-state index in [0.29, 0.717) is 12.6 Å². The highest BCUT2D eigenvalue weighted by Gasteiger charge is 2.14. The number of benzene rings is 1. The van der Waals surface area contributed by atoms with Gasteiger partial charge in [-0.15, -0.1) is 0 Å². The molecule has 1 aliphatic heterocycles. The molecule has 0 spiro atoms. The number of likely N-dealkylation sites (N-methyl/N-ethyl adjacent to an activating group) is 1. The predicted molar refractivity (Wildman–Crippen MR) is 80.2 cm³/mol. The van der Waals surface area contributed by atoms with Crippen LogP contribution in [0.4, 0.5) is 5.69 Å². The Balaban J connectivity index is 1.99. The van der Waals surface area contributed by atoms with E-state index in [-0.39, 0.29) is 0 Å². The van der Waals surface area contributed by atoms with Crippen LogP contribution >= 0.6 is 0 Å². The van der Waals surface area contributed by atoms with E-state index in [1.807, 2.05) is 6.07 Å². The third-order valence-corrected chi connectivity index (χ3v) is 3.36. The highest BCUT2D eigenvalue weighted by Crippen LogP contribution is 2.28. The molecule has 4 nitrogen and oxygen atoms in total. The van der Waals surface area contributed by atoms with E-state index < -0.39 is 0 Å². The fourth-order valence-electron chi connectivity index (χ4n) is 2.37. The number of rotatable bonds is 6. The molecule has 0 saturated carbocycles. The molecule has 1 saturated heterocycles. The van der Waals surface area contributed by atoms with E-state index in [4.69, 9.17) is 4.74 Å². The van der Waals surface area contributed by atoms with Crippen LogP contribution in [0.5, 0.6) is 5.75 Å². The summed E-state index contributed by atoms with van der Waals surface area (Å²) in [5, 5.41) is 6.74. The molecule has 19 heavy (non-hydrogen) atoms. The fraction of sp³-hybridized carbons (Fsp3) is 0.600. The molecule has 106 valence electrons. The van der Waals surface area contributed by atoms with Gasteiger partial charge in [0.15, 0.2) is 0 Å². The summed E-state index contributed by atoms with van der Waals surface area (Å²) in [6.45, 7) is 10.1. The number of anilines is 1.